The Labute approximate surface area is 74.8 Å². The lowest BCUT2D eigenvalue weighted by atomic mass is 10.1. The predicted octanol–water partition coefficient (Wildman–Crippen LogP) is 0.0931. The highest BCUT2D eigenvalue weighted by Crippen LogP contribution is 2.19. The number of rotatable bonds is 1. The molecule has 0 aromatic carbocycles. The zero-order valence-electron chi connectivity index (χ0n) is 8.25. The van der Waals surface area contributed by atoms with Crippen molar-refractivity contribution in [2.24, 2.45) is 5.73 Å². The van der Waals surface area contributed by atoms with E-state index >= 15 is 0 Å². The third-order valence-corrected chi connectivity index (χ3v) is 2.81. The van der Waals surface area contributed by atoms with Crippen LogP contribution in [0.1, 0.15) is 6.92 Å². The summed E-state index contributed by atoms with van der Waals surface area (Å²) in [5.74, 6) is 0. The molecular formula is C9H19N3. The molecule has 0 aromatic heterocycles. The van der Waals surface area contributed by atoms with Crippen LogP contribution in [0.3, 0.4) is 0 Å². The van der Waals surface area contributed by atoms with Crippen LogP contribution in [0.25, 0.3) is 0 Å². The third-order valence-electron chi connectivity index (χ3n) is 2.81. The molecule has 2 unspecified atom stereocenters. The Morgan fingerprint density at radius 2 is 2.17 bits per heavy atom. The van der Waals surface area contributed by atoms with E-state index < -0.39 is 0 Å². The second-order valence-electron chi connectivity index (χ2n) is 3.64. The lowest BCUT2D eigenvalue weighted by molar-refractivity contribution is 0.122. The molecule has 0 aliphatic carbocycles. The number of nitrogens with two attached hydrogens (primary N) is 1. The second-order valence-corrected chi connectivity index (χ2v) is 3.64. The van der Waals surface area contributed by atoms with Crippen molar-refractivity contribution < 1.29 is 0 Å². The maximum absolute atomic E-state index is 5.66. The molecule has 0 radical (unpaired) electrons. The molecule has 2 N–H and O–H groups in total. The molecule has 0 amide bonds. The minimum atomic E-state index is 0.325. The van der Waals surface area contributed by atoms with Crippen LogP contribution in [-0.2, 0) is 0 Å². The number of nitrogens with zero attached hydrogens (tertiary/aromatic N) is 2. The molecular weight excluding hydrogens is 150 g/mol. The topological polar surface area (TPSA) is 32.5 Å². The third kappa shape index (κ3) is 1.47. The summed E-state index contributed by atoms with van der Waals surface area (Å²) < 4.78 is 0. The first-order valence-corrected chi connectivity index (χ1v) is 4.39. The maximum Gasteiger partial charge on any atom is 0.0613 e. The van der Waals surface area contributed by atoms with Crippen molar-refractivity contribution in [3.63, 3.8) is 0 Å². The molecule has 3 nitrogen and oxygen atoms in total. The van der Waals surface area contributed by atoms with Crippen LogP contribution >= 0.6 is 0 Å². The molecule has 12 heavy (non-hydrogen) atoms. The normalized spacial score (nSPS) is 32.7. The summed E-state index contributed by atoms with van der Waals surface area (Å²) in [6, 6.07) is 0.872. The van der Waals surface area contributed by atoms with Gasteiger partial charge >= 0.3 is 0 Å². The minimum absolute atomic E-state index is 0.325. The molecule has 3 heteroatoms. The highest BCUT2D eigenvalue weighted by atomic mass is 15.3. The summed E-state index contributed by atoms with van der Waals surface area (Å²) in [5, 5.41) is 0. The first-order chi connectivity index (χ1) is 5.57. The Morgan fingerprint density at radius 1 is 1.58 bits per heavy atom. The van der Waals surface area contributed by atoms with E-state index in [0.717, 1.165) is 12.2 Å². The largest absolute Gasteiger partial charge is 0.373 e. The fourth-order valence-corrected chi connectivity index (χ4v) is 1.76. The molecule has 1 fully saturated rings. The molecule has 0 saturated carbocycles. The Hall–Kier alpha value is -0.540. The lowest BCUT2D eigenvalue weighted by Gasteiger charge is -2.44. The van der Waals surface area contributed by atoms with Gasteiger partial charge in [-0.25, -0.2) is 0 Å². The van der Waals surface area contributed by atoms with E-state index in [-0.39, 0.29) is 0 Å². The maximum atomic E-state index is 5.66. The van der Waals surface area contributed by atoms with Gasteiger partial charge in [0, 0.05) is 31.9 Å². The van der Waals surface area contributed by atoms with Crippen molar-refractivity contribution in [1.29, 1.82) is 0 Å². The number of piperazine rings is 1. The number of hydrogen-bond acceptors (Lipinski definition) is 3. The molecule has 0 spiro atoms. The summed E-state index contributed by atoms with van der Waals surface area (Å²) in [6.07, 6.45) is 0. The second kappa shape index (κ2) is 3.46. The van der Waals surface area contributed by atoms with Crippen molar-refractivity contribution in [1.82, 2.24) is 9.80 Å². The van der Waals surface area contributed by atoms with E-state index in [1.165, 1.54) is 0 Å². The van der Waals surface area contributed by atoms with Gasteiger partial charge in [0.25, 0.3) is 0 Å². The molecule has 0 bridgehead atoms. The summed E-state index contributed by atoms with van der Waals surface area (Å²) in [5.41, 5.74) is 6.80. The van der Waals surface area contributed by atoms with Gasteiger partial charge in [-0.15, -0.1) is 0 Å². The molecule has 1 saturated heterocycles. The number of hydrogen-bond donors (Lipinski definition) is 1. The molecule has 1 aliphatic heterocycles. The van der Waals surface area contributed by atoms with Crippen molar-refractivity contribution in [2.75, 3.05) is 27.2 Å². The van der Waals surface area contributed by atoms with Gasteiger partial charge in [-0.05, 0) is 14.0 Å². The highest BCUT2D eigenvalue weighted by Gasteiger charge is 2.28. The van der Waals surface area contributed by atoms with Crippen molar-refractivity contribution in [3.05, 3.63) is 12.3 Å². The average molecular weight is 169 g/mol. The first kappa shape index (κ1) is 9.55. The van der Waals surface area contributed by atoms with Crippen LogP contribution in [0.2, 0.25) is 0 Å². The van der Waals surface area contributed by atoms with E-state index in [0.29, 0.717) is 18.6 Å². The highest BCUT2D eigenvalue weighted by molar-refractivity contribution is 5.10. The zero-order chi connectivity index (χ0) is 9.30. The fraction of sp³-hybridized carbons (Fsp3) is 0.778. The van der Waals surface area contributed by atoms with Gasteiger partial charge in [-0.1, -0.05) is 6.58 Å². The van der Waals surface area contributed by atoms with E-state index in [4.69, 9.17) is 5.73 Å². The summed E-state index contributed by atoms with van der Waals surface area (Å²) in [4.78, 5) is 4.49. The van der Waals surface area contributed by atoms with E-state index in [9.17, 15) is 0 Å². The molecule has 70 valence electrons. The smallest absolute Gasteiger partial charge is 0.0613 e. The van der Waals surface area contributed by atoms with Gasteiger partial charge in [-0.3, -0.25) is 4.90 Å². The van der Waals surface area contributed by atoms with Crippen LogP contribution in [-0.4, -0.2) is 49.1 Å². The predicted molar refractivity (Wildman–Crippen MR) is 51.8 cm³/mol. The van der Waals surface area contributed by atoms with Crippen LogP contribution < -0.4 is 5.73 Å². The molecule has 2 atom stereocenters. The summed E-state index contributed by atoms with van der Waals surface area (Å²) in [7, 11) is 4.19. The molecule has 1 aliphatic rings. The quantitative estimate of drug-likeness (QED) is 0.604. The monoisotopic (exact) mass is 169 g/mol. The van der Waals surface area contributed by atoms with Gasteiger partial charge in [0.1, 0.15) is 0 Å². The van der Waals surface area contributed by atoms with E-state index in [2.05, 4.69) is 37.4 Å². The molecule has 1 heterocycles. The zero-order valence-corrected chi connectivity index (χ0v) is 8.25. The molecule has 0 aromatic rings. The summed E-state index contributed by atoms with van der Waals surface area (Å²) in [6.45, 7) is 7.98. The van der Waals surface area contributed by atoms with Crippen molar-refractivity contribution >= 4 is 0 Å². The van der Waals surface area contributed by atoms with Crippen LogP contribution in [0.5, 0.6) is 0 Å². The summed E-state index contributed by atoms with van der Waals surface area (Å²) >= 11 is 0. The fourth-order valence-electron chi connectivity index (χ4n) is 1.76. The standard InChI is InChI=1S/C9H19N3/c1-7-6-11(3)9(5-10)8(2)12(7)4/h7,9H,2,5-6,10H2,1,3-4H3. The first-order valence-electron chi connectivity index (χ1n) is 4.39. The van der Waals surface area contributed by atoms with Crippen LogP contribution in [0, 0.1) is 0 Å². The average Bonchev–Trinajstić information content (AvgIpc) is 2.01. The Balaban J connectivity index is 2.72. The van der Waals surface area contributed by atoms with Gasteiger partial charge < -0.3 is 10.6 Å². The Kier molecular flexibility index (Phi) is 2.75. The van der Waals surface area contributed by atoms with E-state index in [1.807, 2.05) is 0 Å². The van der Waals surface area contributed by atoms with Crippen molar-refractivity contribution in [3.8, 4) is 0 Å². The van der Waals surface area contributed by atoms with Gasteiger partial charge in [0.05, 0.1) is 6.04 Å². The van der Waals surface area contributed by atoms with Crippen LogP contribution in [0.4, 0.5) is 0 Å². The van der Waals surface area contributed by atoms with Crippen molar-refractivity contribution in [2.45, 2.75) is 19.0 Å². The van der Waals surface area contributed by atoms with Gasteiger partial charge in [0.2, 0.25) is 0 Å². The minimum Gasteiger partial charge on any atom is -0.373 e. The lowest BCUT2D eigenvalue weighted by Crippen LogP contribution is -2.54. The Bertz CT molecular complexity index is 179. The van der Waals surface area contributed by atoms with Gasteiger partial charge in [-0.2, -0.15) is 0 Å². The van der Waals surface area contributed by atoms with Gasteiger partial charge in [0.15, 0.2) is 0 Å². The molecule has 1 rings (SSSR count). The van der Waals surface area contributed by atoms with E-state index in [1.54, 1.807) is 0 Å². The number of likely N-dealkylation sites (N-methyl/N-ethyl adjacent to an activating group) is 2. The van der Waals surface area contributed by atoms with Crippen LogP contribution in [0.15, 0.2) is 12.3 Å². The Morgan fingerprint density at radius 3 is 2.67 bits per heavy atom. The SMILES string of the molecule is C=C1C(CN)N(C)CC(C)N1C.